The molecule has 1 unspecified atom stereocenters. The Morgan fingerprint density at radius 1 is 1.11 bits per heavy atom. The highest BCUT2D eigenvalue weighted by molar-refractivity contribution is 5.94. The predicted octanol–water partition coefficient (Wildman–Crippen LogP) is 3.35. The van der Waals surface area contributed by atoms with E-state index in [0.717, 1.165) is 19.4 Å². The van der Waals surface area contributed by atoms with Gasteiger partial charge in [0.15, 0.2) is 0 Å². The Kier molecular flexibility index (Phi) is 5.76. The van der Waals surface area contributed by atoms with Crippen molar-refractivity contribution in [3.63, 3.8) is 0 Å². The number of amides is 1. The van der Waals surface area contributed by atoms with Crippen molar-refractivity contribution in [3.8, 4) is 5.75 Å². The fraction of sp³-hybridized carbons (Fsp3) is 0.409. The lowest BCUT2D eigenvalue weighted by atomic mass is 10.1. The predicted molar refractivity (Wildman–Crippen MR) is 105 cm³/mol. The number of carbonyl (C=O) groups excluding carboxylic acids is 1. The summed E-state index contributed by atoms with van der Waals surface area (Å²) in [7, 11) is 0. The third kappa shape index (κ3) is 4.28. The van der Waals surface area contributed by atoms with Gasteiger partial charge >= 0.3 is 0 Å². The smallest absolute Gasteiger partial charge is 0.254 e. The summed E-state index contributed by atoms with van der Waals surface area (Å²) in [6.45, 7) is 3.66. The first-order valence-corrected chi connectivity index (χ1v) is 9.84. The molecule has 0 saturated carbocycles. The highest BCUT2D eigenvalue weighted by Crippen LogP contribution is 2.22. The van der Waals surface area contributed by atoms with E-state index in [2.05, 4.69) is 0 Å². The van der Waals surface area contributed by atoms with E-state index in [1.165, 1.54) is 6.07 Å². The van der Waals surface area contributed by atoms with Crippen molar-refractivity contribution >= 4 is 11.6 Å². The number of hydrogen-bond acceptors (Lipinski definition) is 4. The standard InChI is InChI=1S/C22H25FN2O3/c23-20-8-1-2-9-21(20)24-10-12-25(13-11-24)22(26)17-5-3-6-18(15-17)28-16-19-7-4-14-27-19/h1-3,5-6,8-9,15,19H,4,7,10-14,16H2. The minimum absolute atomic E-state index is 0.0178. The van der Waals surface area contributed by atoms with Crippen molar-refractivity contribution in [2.45, 2.75) is 18.9 Å². The van der Waals surface area contributed by atoms with Crippen LogP contribution in [0.2, 0.25) is 0 Å². The number of halogens is 1. The van der Waals surface area contributed by atoms with Gasteiger partial charge in [0.1, 0.15) is 18.2 Å². The third-order valence-electron chi connectivity index (χ3n) is 5.30. The Morgan fingerprint density at radius 3 is 2.68 bits per heavy atom. The number of hydrogen-bond donors (Lipinski definition) is 0. The van der Waals surface area contributed by atoms with Crippen LogP contribution in [0, 0.1) is 5.82 Å². The maximum atomic E-state index is 14.0. The molecule has 2 aromatic rings. The van der Waals surface area contributed by atoms with Crippen molar-refractivity contribution in [1.29, 1.82) is 0 Å². The molecule has 4 rings (SSSR count). The fourth-order valence-electron chi connectivity index (χ4n) is 3.73. The van der Waals surface area contributed by atoms with Gasteiger partial charge in [-0.2, -0.15) is 0 Å². The Hall–Kier alpha value is -2.60. The van der Waals surface area contributed by atoms with Crippen LogP contribution in [-0.4, -0.2) is 56.3 Å². The van der Waals surface area contributed by atoms with E-state index in [-0.39, 0.29) is 17.8 Å². The molecule has 0 radical (unpaired) electrons. The van der Waals surface area contributed by atoms with Crippen LogP contribution in [0.1, 0.15) is 23.2 Å². The number of anilines is 1. The average Bonchev–Trinajstić information content (AvgIpc) is 3.26. The number of rotatable bonds is 5. The lowest BCUT2D eigenvalue weighted by Gasteiger charge is -2.36. The summed E-state index contributed by atoms with van der Waals surface area (Å²) in [6.07, 6.45) is 2.24. The van der Waals surface area contributed by atoms with E-state index in [4.69, 9.17) is 9.47 Å². The minimum atomic E-state index is -0.224. The Bertz CT molecular complexity index is 815. The quantitative estimate of drug-likeness (QED) is 0.793. The van der Waals surface area contributed by atoms with Crippen molar-refractivity contribution in [2.75, 3.05) is 44.3 Å². The van der Waals surface area contributed by atoms with Gasteiger partial charge in [0.05, 0.1) is 11.8 Å². The second kappa shape index (κ2) is 8.61. The first-order chi connectivity index (χ1) is 13.7. The van der Waals surface area contributed by atoms with Gasteiger partial charge in [0.2, 0.25) is 0 Å². The molecule has 5 nitrogen and oxygen atoms in total. The molecule has 2 saturated heterocycles. The van der Waals surface area contributed by atoms with Gasteiger partial charge in [-0.15, -0.1) is 0 Å². The molecular formula is C22H25FN2O3. The summed E-state index contributed by atoms with van der Waals surface area (Å²) in [5.41, 5.74) is 1.21. The molecule has 2 aliphatic heterocycles. The molecule has 148 valence electrons. The fourth-order valence-corrected chi connectivity index (χ4v) is 3.73. The molecular weight excluding hydrogens is 359 g/mol. The first-order valence-electron chi connectivity index (χ1n) is 9.84. The third-order valence-corrected chi connectivity index (χ3v) is 5.30. The molecule has 2 aliphatic rings. The van der Waals surface area contributed by atoms with E-state index >= 15 is 0 Å². The summed E-state index contributed by atoms with van der Waals surface area (Å²) in [4.78, 5) is 16.7. The van der Waals surface area contributed by atoms with E-state index in [1.54, 1.807) is 18.2 Å². The molecule has 0 bridgehead atoms. The molecule has 0 aliphatic carbocycles. The van der Waals surface area contributed by atoms with Gasteiger partial charge in [0, 0.05) is 38.3 Å². The SMILES string of the molecule is O=C(c1cccc(OCC2CCCO2)c1)N1CCN(c2ccccc2F)CC1. The molecule has 28 heavy (non-hydrogen) atoms. The maximum absolute atomic E-state index is 14.0. The van der Waals surface area contributed by atoms with Crippen LogP contribution in [0.25, 0.3) is 0 Å². The Morgan fingerprint density at radius 2 is 1.93 bits per heavy atom. The van der Waals surface area contributed by atoms with Crippen LogP contribution in [0.15, 0.2) is 48.5 Å². The maximum Gasteiger partial charge on any atom is 0.254 e. The number of para-hydroxylation sites is 1. The van der Waals surface area contributed by atoms with Crippen LogP contribution in [0.3, 0.4) is 0 Å². The zero-order valence-electron chi connectivity index (χ0n) is 15.9. The summed E-state index contributed by atoms with van der Waals surface area (Å²) < 4.78 is 25.4. The van der Waals surface area contributed by atoms with E-state index in [9.17, 15) is 9.18 Å². The van der Waals surface area contributed by atoms with Crippen molar-refractivity contribution in [3.05, 3.63) is 59.9 Å². The molecule has 0 spiro atoms. The molecule has 0 N–H and O–H groups in total. The number of benzene rings is 2. The van der Waals surface area contributed by atoms with E-state index in [1.807, 2.05) is 34.1 Å². The molecule has 2 heterocycles. The van der Waals surface area contributed by atoms with Crippen LogP contribution < -0.4 is 9.64 Å². The highest BCUT2D eigenvalue weighted by Gasteiger charge is 2.24. The first kappa shape index (κ1) is 18.7. The Labute approximate surface area is 164 Å². The van der Waals surface area contributed by atoms with Gasteiger partial charge in [-0.1, -0.05) is 18.2 Å². The van der Waals surface area contributed by atoms with Gasteiger partial charge in [-0.25, -0.2) is 4.39 Å². The molecule has 1 amide bonds. The molecule has 1 atom stereocenters. The van der Waals surface area contributed by atoms with Crippen LogP contribution >= 0.6 is 0 Å². The molecule has 2 aromatic carbocycles. The van der Waals surface area contributed by atoms with Crippen LogP contribution in [0.4, 0.5) is 10.1 Å². The zero-order chi connectivity index (χ0) is 19.3. The van der Waals surface area contributed by atoms with E-state index < -0.39 is 0 Å². The summed E-state index contributed by atoms with van der Waals surface area (Å²) in [6, 6.07) is 14.1. The lowest BCUT2D eigenvalue weighted by molar-refractivity contribution is 0.0677. The van der Waals surface area contributed by atoms with Crippen molar-refractivity contribution in [1.82, 2.24) is 4.90 Å². The minimum Gasteiger partial charge on any atom is -0.491 e. The van der Waals surface area contributed by atoms with Crippen LogP contribution in [-0.2, 0) is 4.74 Å². The number of piperazine rings is 1. The molecule has 2 fully saturated rings. The monoisotopic (exact) mass is 384 g/mol. The highest BCUT2D eigenvalue weighted by atomic mass is 19.1. The van der Waals surface area contributed by atoms with Gasteiger partial charge in [0.25, 0.3) is 5.91 Å². The zero-order valence-corrected chi connectivity index (χ0v) is 15.9. The van der Waals surface area contributed by atoms with Crippen molar-refractivity contribution < 1.29 is 18.7 Å². The van der Waals surface area contributed by atoms with Crippen molar-refractivity contribution in [2.24, 2.45) is 0 Å². The normalized spacial score (nSPS) is 19.7. The number of nitrogens with zero attached hydrogens (tertiary/aromatic N) is 2. The van der Waals surface area contributed by atoms with Crippen LogP contribution in [0.5, 0.6) is 5.75 Å². The second-order valence-electron chi connectivity index (χ2n) is 7.20. The second-order valence-corrected chi connectivity index (χ2v) is 7.20. The lowest BCUT2D eigenvalue weighted by Crippen LogP contribution is -2.49. The number of carbonyl (C=O) groups is 1. The number of ether oxygens (including phenoxy) is 2. The topological polar surface area (TPSA) is 42.0 Å². The van der Waals surface area contributed by atoms with Gasteiger partial charge < -0.3 is 19.3 Å². The molecule has 0 aromatic heterocycles. The molecule has 6 heteroatoms. The Balaban J connectivity index is 1.34. The van der Waals surface area contributed by atoms with E-state index in [0.29, 0.717) is 49.8 Å². The van der Waals surface area contributed by atoms with Gasteiger partial charge in [-0.05, 0) is 43.2 Å². The summed E-state index contributed by atoms with van der Waals surface area (Å²) >= 11 is 0. The van der Waals surface area contributed by atoms with Gasteiger partial charge in [-0.3, -0.25) is 4.79 Å². The summed E-state index contributed by atoms with van der Waals surface area (Å²) in [5, 5.41) is 0. The summed E-state index contributed by atoms with van der Waals surface area (Å²) in [5.74, 6) is 0.445. The average molecular weight is 384 g/mol. The largest absolute Gasteiger partial charge is 0.491 e.